The van der Waals surface area contributed by atoms with Crippen molar-refractivity contribution in [3.8, 4) is 5.75 Å². The predicted molar refractivity (Wildman–Crippen MR) is 236 cm³/mol. The number of unbranched alkanes of at least 4 members (excludes halogenated alkanes) is 2. The van der Waals surface area contributed by atoms with Crippen LogP contribution in [0.1, 0.15) is 74.2 Å². The molecule has 0 aromatic heterocycles. The molecule has 23 heteroatoms. The van der Waals surface area contributed by atoms with Gasteiger partial charge in [-0.05, 0) is 106 Å². The Morgan fingerprint density at radius 1 is 0.765 bits per heavy atom. The lowest BCUT2D eigenvalue weighted by Gasteiger charge is -2.33. The molecule has 1 fully saturated rings. The van der Waals surface area contributed by atoms with Crippen LogP contribution in [0.25, 0.3) is 0 Å². The Bertz CT molecular complexity index is 2160. The number of nitrogens with one attached hydrogen (secondary N) is 4. The van der Waals surface area contributed by atoms with Crippen molar-refractivity contribution in [2.24, 2.45) is 11.7 Å². The molecule has 2 aliphatic rings. The number of anilines is 3. The second kappa shape index (κ2) is 26.6. The van der Waals surface area contributed by atoms with Crippen LogP contribution in [0.2, 0.25) is 0 Å². The van der Waals surface area contributed by atoms with Gasteiger partial charge in [-0.1, -0.05) is 49.2 Å². The van der Waals surface area contributed by atoms with Gasteiger partial charge in [0.1, 0.15) is 17.8 Å². The van der Waals surface area contributed by atoms with Crippen molar-refractivity contribution in [2.75, 3.05) is 42.9 Å². The number of para-hydroxylation sites is 3. The van der Waals surface area contributed by atoms with E-state index in [4.69, 9.17) is 25.5 Å². The topological polar surface area (TPSA) is 261 Å². The highest BCUT2D eigenvalue weighted by Crippen LogP contribution is 2.38. The molecule has 68 heavy (non-hydrogen) atoms. The van der Waals surface area contributed by atoms with E-state index >= 15 is 0 Å². The van der Waals surface area contributed by atoms with Gasteiger partial charge in [0.25, 0.3) is 5.91 Å². The molecule has 0 radical (unpaired) electrons. The number of aliphatic carboxylic acids is 2. The summed E-state index contributed by atoms with van der Waals surface area (Å²) in [5.41, 5.74) is 8.68. The van der Waals surface area contributed by atoms with E-state index in [0.29, 0.717) is 60.9 Å². The van der Waals surface area contributed by atoms with E-state index in [2.05, 4.69) is 26.2 Å². The zero-order valence-corrected chi connectivity index (χ0v) is 37.0. The molecular weight excluding hydrogens is 913 g/mol. The Morgan fingerprint density at radius 2 is 1.34 bits per heavy atom. The molecule has 0 aliphatic carbocycles. The van der Waals surface area contributed by atoms with Crippen LogP contribution in [0, 0.1) is 5.92 Å². The highest BCUT2D eigenvalue weighted by atomic mass is 19.4. The lowest BCUT2D eigenvalue weighted by Crippen LogP contribution is -2.54. The number of carbonyl (C=O) groups excluding carboxylic acids is 5. The fourth-order valence-electron chi connectivity index (χ4n) is 7.17. The number of halogens is 6. The SMILES string of the molecule is CC(=O)N[C@@H](CCCCN)C(=O)N[C@@H](Cc1ccc(O)cc1)C(=O)NCCCCC1CCN(CC(=O)N2c3ccccc3NC(=O)c3ccccc32)CC1.O=C(O)C(F)(F)F.O=C(O)C(F)(F)F. The molecule has 0 unspecified atom stereocenters. The maximum Gasteiger partial charge on any atom is 0.490 e. The quantitative estimate of drug-likeness (QED) is 0.0638. The monoisotopic (exact) mass is 967 g/mol. The Labute approximate surface area is 387 Å². The second-order valence-corrected chi connectivity index (χ2v) is 15.8. The maximum atomic E-state index is 13.8. The minimum absolute atomic E-state index is 0.0854. The Morgan fingerprint density at radius 3 is 1.91 bits per heavy atom. The summed E-state index contributed by atoms with van der Waals surface area (Å²) < 4.78 is 63.5. The molecule has 17 nitrogen and oxygen atoms in total. The number of benzene rings is 3. The highest BCUT2D eigenvalue weighted by molar-refractivity contribution is 6.18. The number of alkyl halides is 6. The van der Waals surface area contributed by atoms with Crippen LogP contribution in [0.5, 0.6) is 5.75 Å². The van der Waals surface area contributed by atoms with E-state index in [1.165, 1.54) is 19.1 Å². The minimum Gasteiger partial charge on any atom is -0.508 e. The van der Waals surface area contributed by atoms with Crippen LogP contribution in [0.4, 0.5) is 43.4 Å². The van der Waals surface area contributed by atoms with E-state index in [-0.39, 0.29) is 42.3 Å². The first kappa shape index (κ1) is 55.6. The highest BCUT2D eigenvalue weighted by Gasteiger charge is 2.39. The number of nitrogens with zero attached hydrogens (tertiary/aromatic N) is 2. The smallest absolute Gasteiger partial charge is 0.490 e. The van der Waals surface area contributed by atoms with E-state index in [1.807, 2.05) is 36.4 Å². The van der Waals surface area contributed by atoms with Crippen LogP contribution in [-0.2, 0) is 35.2 Å². The van der Waals surface area contributed by atoms with Gasteiger partial charge >= 0.3 is 24.3 Å². The van der Waals surface area contributed by atoms with Crippen LogP contribution in [0.15, 0.2) is 72.8 Å². The van der Waals surface area contributed by atoms with Gasteiger partial charge in [0, 0.05) is 19.9 Å². The summed E-state index contributed by atoms with van der Waals surface area (Å²) in [6.45, 7) is 4.13. The molecule has 3 aromatic rings. The second-order valence-electron chi connectivity index (χ2n) is 15.8. The van der Waals surface area contributed by atoms with Crippen LogP contribution in [-0.4, -0.2) is 119 Å². The van der Waals surface area contributed by atoms with Gasteiger partial charge in [0.05, 0.1) is 29.2 Å². The van der Waals surface area contributed by atoms with Crippen LogP contribution < -0.4 is 31.9 Å². The predicted octanol–water partition coefficient (Wildman–Crippen LogP) is 5.25. The molecule has 0 spiro atoms. The molecule has 3 aromatic carbocycles. The first-order chi connectivity index (χ1) is 32.0. The molecular formula is C45H55F6N7O10. The lowest BCUT2D eigenvalue weighted by atomic mass is 9.91. The number of carboxylic acid groups (broad SMARTS) is 2. The van der Waals surface area contributed by atoms with Gasteiger partial charge in [-0.25, -0.2) is 9.59 Å². The van der Waals surface area contributed by atoms with Crippen molar-refractivity contribution in [1.82, 2.24) is 20.9 Å². The maximum absolute atomic E-state index is 13.8. The Kier molecular flexibility index (Phi) is 21.7. The van der Waals surface area contributed by atoms with Gasteiger partial charge < -0.3 is 42.3 Å². The number of nitrogens with two attached hydrogens (primary N) is 1. The van der Waals surface area contributed by atoms with E-state index in [9.17, 15) is 55.4 Å². The van der Waals surface area contributed by atoms with Crippen molar-refractivity contribution in [1.29, 1.82) is 0 Å². The van der Waals surface area contributed by atoms with E-state index < -0.39 is 42.3 Å². The number of likely N-dealkylation sites (tertiary alicyclic amines) is 1. The fraction of sp³-hybridized carbons (Fsp3) is 0.444. The van der Waals surface area contributed by atoms with E-state index in [0.717, 1.165) is 50.8 Å². The molecule has 2 heterocycles. The normalized spacial score (nSPS) is 14.6. The summed E-state index contributed by atoms with van der Waals surface area (Å²) in [7, 11) is 0. The number of aromatic hydroxyl groups is 1. The largest absolute Gasteiger partial charge is 0.508 e. The number of amides is 5. The lowest BCUT2D eigenvalue weighted by molar-refractivity contribution is -0.193. The molecule has 372 valence electrons. The standard InChI is InChI=1S/C41H53N7O6.2C2HF3O2/c1-28(49)44-34(13-6-8-22-42)41(54)46-35(26-30-16-18-31(50)19-17-30)40(53)43-23-9-7-10-29-20-24-47(25-21-29)27-38(51)48-36-14-4-2-11-32(36)39(52)45-33-12-3-5-15-37(33)48;2*3-2(4,5)1(6)7/h2-5,11-12,14-19,29,34-35,50H,6-10,13,20-27,42H2,1H3,(H,43,53)(H,44,49)(H,45,52)(H,46,54);2*(H,6,7)/t34-,35-;;/m0../s1. The zero-order valence-electron chi connectivity index (χ0n) is 37.0. The third-order valence-corrected chi connectivity index (χ3v) is 10.6. The fourth-order valence-corrected chi connectivity index (χ4v) is 7.17. The third kappa shape index (κ3) is 18.5. The van der Waals surface area contributed by atoms with Crippen molar-refractivity contribution < 1.29 is 75.2 Å². The van der Waals surface area contributed by atoms with Gasteiger partial charge in [-0.2, -0.15) is 26.3 Å². The van der Waals surface area contributed by atoms with Crippen molar-refractivity contribution in [2.45, 2.75) is 89.1 Å². The van der Waals surface area contributed by atoms with Crippen molar-refractivity contribution in [3.63, 3.8) is 0 Å². The number of hydrogen-bond donors (Lipinski definition) is 8. The molecule has 9 N–H and O–H groups in total. The number of hydrogen-bond acceptors (Lipinski definition) is 10. The number of carbonyl (C=O) groups is 7. The third-order valence-electron chi connectivity index (χ3n) is 10.6. The number of carboxylic acids is 2. The molecule has 2 aliphatic heterocycles. The van der Waals surface area contributed by atoms with Crippen molar-refractivity contribution >= 4 is 58.5 Å². The summed E-state index contributed by atoms with van der Waals surface area (Å²) in [6, 6.07) is 19.4. The number of phenols is 1. The molecule has 0 bridgehead atoms. The summed E-state index contributed by atoms with van der Waals surface area (Å²) in [5, 5.41) is 35.4. The van der Waals surface area contributed by atoms with Crippen LogP contribution >= 0.6 is 0 Å². The number of piperidine rings is 1. The zero-order chi connectivity index (χ0) is 50.6. The number of phenolic OH excluding ortho intramolecular Hbond substituents is 1. The summed E-state index contributed by atoms with van der Waals surface area (Å²) in [6.07, 6.45) is -3.52. The van der Waals surface area contributed by atoms with Gasteiger partial charge in [0.15, 0.2) is 0 Å². The molecule has 1 saturated heterocycles. The summed E-state index contributed by atoms with van der Waals surface area (Å²) in [5.74, 6) is -6.29. The molecule has 5 rings (SSSR count). The molecule has 5 amide bonds. The molecule has 2 atom stereocenters. The van der Waals surface area contributed by atoms with Gasteiger partial charge in [-0.15, -0.1) is 0 Å². The summed E-state index contributed by atoms with van der Waals surface area (Å²) in [4.78, 5) is 86.9. The Balaban J connectivity index is 0.000000759. The summed E-state index contributed by atoms with van der Waals surface area (Å²) >= 11 is 0. The average molecular weight is 968 g/mol. The number of fused-ring (bicyclic) bond motifs is 2. The van der Waals surface area contributed by atoms with E-state index in [1.54, 1.807) is 29.2 Å². The van der Waals surface area contributed by atoms with Crippen LogP contribution in [0.3, 0.4) is 0 Å². The van der Waals surface area contributed by atoms with Gasteiger partial charge in [0.2, 0.25) is 23.6 Å². The van der Waals surface area contributed by atoms with Crippen molar-refractivity contribution in [3.05, 3.63) is 83.9 Å². The first-order valence-electron chi connectivity index (χ1n) is 21.5. The first-order valence-corrected chi connectivity index (χ1v) is 21.5. The minimum atomic E-state index is -5.08. The number of rotatable bonds is 17. The molecule has 0 saturated carbocycles. The average Bonchev–Trinajstić information content (AvgIpc) is 3.40. The van der Waals surface area contributed by atoms with Gasteiger partial charge in [-0.3, -0.25) is 33.8 Å². The Hall–Kier alpha value is -6.75.